The Labute approximate surface area is 107 Å². The van der Waals surface area contributed by atoms with E-state index in [1.807, 2.05) is 6.07 Å². The van der Waals surface area contributed by atoms with Crippen molar-refractivity contribution in [2.75, 3.05) is 39.2 Å². The van der Waals surface area contributed by atoms with Gasteiger partial charge in [0, 0.05) is 25.2 Å². The van der Waals surface area contributed by atoms with E-state index in [4.69, 9.17) is 21.1 Å². The molecule has 0 bridgehead atoms. The van der Waals surface area contributed by atoms with Gasteiger partial charge in [-0.15, -0.1) is 0 Å². The van der Waals surface area contributed by atoms with Gasteiger partial charge in [-0.3, -0.25) is 0 Å². The summed E-state index contributed by atoms with van der Waals surface area (Å²) in [7, 11) is 3.21. The summed E-state index contributed by atoms with van der Waals surface area (Å²) in [6.07, 6.45) is 0. The van der Waals surface area contributed by atoms with Crippen LogP contribution in [0.3, 0.4) is 0 Å². The summed E-state index contributed by atoms with van der Waals surface area (Å²) in [5.74, 6) is 1.35. The summed E-state index contributed by atoms with van der Waals surface area (Å²) in [5.41, 5.74) is 0.881. The molecule has 17 heavy (non-hydrogen) atoms. The number of anilines is 1. The standard InChI is InChI=1S/C12H19ClN2O2/c1-4-14-5-6-15-10-8-11(16-2)9(13)7-12(10)17-3/h7-8,14-15H,4-6H2,1-3H3. The number of likely N-dealkylation sites (N-methyl/N-ethyl adjacent to an activating group) is 1. The number of methoxy groups -OCH3 is 2. The lowest BCUT2D eigenvalue weighted by atomic mass is 10.2. The minimum Gasteiger partial charge on any atom is -0.495 e. The van der Waals surface area contributed by atoms with E-state index < -0.39 is 0 Å². The van der Waals surface area contributed by atoms with Gasteiger partial charge in [-0.1, -0.05) is 18.5 Å². The maximum atomic E-state index is 6.02. The molecule has 0 saturated carbocycles. The second kappa shape index (κ2) is 7.25. The summed E-state index contributed by atoms with van der Waals surface area (Å²) in [6.45, 7) is 4.74. The van der Waals surface area contributed by atoms with Crippen molar-refractivity contribution in [2.24, 2.45) is 0 Å². The fourth-order valence-corrected chi connectivity index (χ4v) is 1.69. The highest BCUT2D eigenvalue weighted by atomic mass is 35.5. The van der Waals surface area contributed by atoms with Crippen molar-refractivity contribution >= 4 is 17.3 Å². The van der Waals surface area contributed by atoms with Gasteiger partial charge in [-0.05, 0) is 6.54 Å². The molecule has 2 N–H and O–H groups in total. The van der Waals surface area contributed by atoms with Crippen LogP contribution in [0.25, 0.3) is 0 Å². The van der Waals surface area contributed by atoms with Gasteiger partial charge in [0.2, 0.25) is 0 Å². The van der Waals surface area contributed by atoms with E-state index >= 15 is 0 Å². The SMILES string of the molecule is CCNCCNc1cc(OC)c(Cl)cc1OC. The Kier molecular flexibility index (Phi) is 5.94. The summed E-state index contributed by atoms with van der Waals surface area (Å²) in [4.78, 5) is 0. The second-order valence-corrected chi connectivity index (χ2v) is 3.87. The van der Waals surface area contributed by atoms with Crippen molar-refractivity contribution in [3.8, 4) is 11.5 Å². The van der Waals surface area contributed by atoms with Crippen molar-refractivity contribution in [3.63, 3.8) is 0 Å². The van der Waals surface area contributed by atoms with E-state index in [9.17, 15) is 0 Å². The fourth-order valence-electron chi connectivity index (χ4n) is 1.46. The average Bonchev–Trinajstić information content (AvgIpc) is 2.35. The monoisotopic (exact) mass is 258 g/mol. The zero-order valence-corrected chi connectivity index (χ0v) is 11.2. The van der Waals surface area contributed by atoms with Crippen molar-refractivity contribution in [3.05, 3.63) is 17.2 Å². The molecule has 0 aliphatic heterocycles. The molecule has 4 nitrogen and oxygen atoms in total. The first-order valence-corrected chi connectivity index (χ1v) is 5.96. The van der Waals surface area contributed by atoms with Gasteiger partial charge in [-0.25, -0.2) is 0 Å². The topological polar surface area (TPSA) is 42.5 Å². The van der Waals surface area contributed by atoms with Gasteiger partial charge in [0.1, 0.15) is 11.5 Å². The van der Waals surface area contributed by atoms with E-state index in [0.29, 0.717) is 16.5 Å². The predicted molar refractivity (Wildman–Crippen MR) is 71.6 cm³/mol. The average molecular weight is 259 g/mol. The van der Waals surface area contributed by atoms with Crippen LogP contribution in [-0.2, 0) is 0 Å². The number of nitrogens with one attached hydrogen (secondary N) is 2. The molecule has 0 unspecified atom stereocenters. The van der Waals surface area contributed by atoms with E-state index in [1.54, 1.807) is 20.3 Å². The molecule has 1 aromatic carbocycles. The van der Waals surface area contributed by atoms with Gasteiger partial charge in [0.05, 0.1) is 24.9 Å². The molecule has 0 aliphatic rings. The summed E-state index contributed by atoms with van der Waals surface area (Å²) in [5, 5.41) is 7.05. The first kappa shape index (κ1) is 13.9. The Morgan fingerprint density at radius 2 is 1.82 bits per heavy atom. The van der Waals surface area contributed by atoms with Crippen LogP contribution in [0.2, 0.25) is 5.02 Å². The van der Waals surface area contributed by atoms with Crippen LogP contribution in [0.15, 0.2) is 12.1 Å². The van der Waals surface area contributed by atoms with Crippen LogP contribution in [0.4, 0.5) is 5.69 Å². The lowest BCUT2D eigenvalue weighted by Gasteiger charge is -2.14. The van der Waals surface area contributed by atoms with Crippen LogP contribution >= 0.6 is 11.6 Å². The molecule has 5 heteroatoms. The van der Waals surface area contributed by atoms with Gasteiger partial charge in [0.25, 0.3) is 0 Å². The molecule has 1 rings (SSSR count). The number of rotatable bonds is 7. The largest absolute Gasteiger partial charge is 0.495 e. The summed E-state index contributed by atoms with van der Waals surface area (Å²) < 4.78 is 10.4. The predicted octanol–water partition coefficient (Wildman–Crippen LogP) is 2.38. The Hall–Kier alpha value is -1.13. The molecule has 1 aromatic rings. The smallest absolute Gasteiger partial charge is 0.143 e. The number of ether oxygens (including phenoxy) is 2. The zero-order valence-electron chi connectivity index (χ0n) is 10.5. The Balaban J connectivity index is 2.74. The van der Waals surface area contributed by atoms with Crippen molar-refractivity contribution in [1.82, 2.24) is 5.32 Å². The highest BCUT2D eigenvalue weighted by Crippen LogP contribution is 2.35. The van der Waals surface area contributed by atoms with Crippen molar-refractivity contribution in [2.45, 2.75) is 6.92 Å². The molecule has 0 atom stereocenters. The minimum absolute atomic E-state index is 0.543. The van der Waals surface area contributed by atoms with E-state index in [2.05, 4.69) is 17.6 Å². The molecular weight excluding hydrogens is 240 g/mol. The number of benzene rings is 1. The third kappa shape index (κ3) is 3.98. The van der Waals surface area contributed by atoms with Crippen molar-refractivity contribution < 1.29 is 9.47 Å². The third-order valence-electron chi connectivity index (χ3n) is 2.34. The maximum Gasteiger partial charge on any atom is 0.143 e. The molecule has 0 aromatic heterocycles. The lowest BCUT2D eigenvalue weighted by Crippen LogP contribution is -2.21. The minimum atomic E-state index is 0.543. The molecule has 0 heterocycles. The highest BCUT2D eigenvalue weighted by Gasteiger charge is 2.09. The molecule has 0 amide bonds. The Morgan fingerprint density at radius 1 is 1.12 bits per heavy atom. The van der Waals surface area contributed by atoms with E-state index in [1.165, 1.54) is 0 Å². The molecule has 0 fully saturated rings. The Morgan fingerprint density at radius 3 is 2.41 bits per heavy atom. The van der Waals surface area contributed by atoms with Gasteiger partial charge < -0.3 is 20.1 Å². The molecule has 96 valence electrons. The maximum absolute atomic E-state index is 6.02. The molecule has 0 spiro atoms. The normalized spacial score (nSPS) is 10.1. The molecule has 0 aliphatic carbocycles. The van der Waals surface area contributed by atoms with Crippen molar-refractivity contribution in [1.29, 1.82) is 0 Å². The second-order valence-electron chi connectivity index (χ2n) is 3.47. The quantitative estimate of drug-likeness (QED) is 0.737. The fraction of sp³-hybridized carbons (Fsp3) is 0.500. The van der Waals surface area contributed by atoms with E-state index in [-0.39, 0.29) is 0 Å². The first-order valence-electron chi connectivity index (χ1n) is 5.59. The molecule has 0 saturated heterocycles. The van der Waals surface area contributed by atoms with Crippen LogP contribution in [0.5, 0.6) is 11.5 Å². The van der Waals surface area contributed by atoms with Gasteiger partial charge in [-0.2, -0.15) is 0 Å². The lowest BCUT2D eigenvalue weighted by molar-refractivity contribution is 0.404. The van der Waals surface area contributed by atoms with E-state index in [0.717, 1.165) is 25.3 Å². The number of hydrogen-bond acceptors (Lipinski definition) is 4. The van der Waals surface area contributed by atoms with Crippen LogP contribution in [0.1, 0.15) is 6.92 Å². The van der Waals surface area contributed by atoms with Crippen LogP contribution in [0, 0.1) is 0 Å². The first-order chi connectivity index (χ1) is 8.22. The van der Waals surface area contributed by atoms with Gasteiger partial charge >= 0.3 is 0 Å². The molecular formula is C12H19ClN2O2. The summed E-state index contributed by atoms with van der Waals surface area (Å²) in [6, 6.07) is 3.59. The van der Waals surface area contributed by atoms with Gasteiger partial charge in [0.15, 0.2) is 0 Å². The third-order valence-corrected chi connectivity index (χ3v) is 2.64. The summed E-state index contributed by atoms with van der Waals surface area (Å²) >= 11 is 6.02. The number of halogens is 1. The zero-order chi connectivity index (χ0) is 12.7. The molecule has 0 radical (unpaired) electrons. The van der Waals surface area contributed by atoms with Crippen LogP contribution < -0.4 is 20.1 Å². The number of hydrogen-bond donors (Lipinski definition) is 2. The highest BCUT2D eigenvalue weighted by molar-refractivity contribution is 6.32. The van der Waals surface area contributed by atoms with Crippen LogP contribution in [-0.4, -0.2) is 33.9 Å². The Bertz CT molecular complexity index is 359.